The summed E-state index contributed by atoms with van der Waals surface area (Å²) in [6, 6.07) is 11.1. The van der Waals surface area contributed by atoms with E-state index < -0.39 is 0 Å². The maximum absolute atomic E-state index is 12.1. The molecule has 24 heavy (non-hydrogen) atoms. The van der Waals surface area contributed by atoms with Gasteiger partial charge in [-0.3, -0.25) is 4.79 Å². The van der Waals surface area contributed by atoms with E-state index in [2.05, 4.69) is 19.2 Å². The molecule has 2 aromatic rings. The third-order valence-electron chi connectivity index (χ3n) is 3.59. The van der Waals surface area contributed by atoms with Gasteiger partial charge in [0.25, 0.3) is 5.91 Å². The smallest absolute Gasteiger partial charge is 0.262 e. The van der Waals surface area contributed by atoms with Crippen LogP contribution < -0.4 is 14.8 Å². The predicted octanol–water partition coefficient (Wildman–Crippen LogP) is 4.80. The first kappa shape index (κ1) is 18.1. The van der Waals surface area contributed by atoms with Crippen LogP contribution in [0.4, 0.5) is 5.69 Å². The SMILES string of the molecule is COc1ccc(NC(=O)COc2cc(C)ccc2C(C)C)cc1Cl. The van der Waals surface area contributed by atoms with Crippen molar-refractivity contribution in [2.45, 2.75) is 26.7 Å². The van der Waals surface area contributed by atoms with Gasteiger partial charge in [0.1, 0.15) is 11.5 Å². The Balaban J connectivity index is 2.01. The molecule has 0 aromatic heterocycles. The number of methoxy groups -OCH3 is 1. The Morgan fingerprint density at radius 3 is 2.54 bits per heavy atom. The Morgan fingerprint density at radius 2 is 1.92 bits per heavy atom. The molecule has 0 bridgehead atoms. The fraction of sp³-hybridized carbons (Fsp3) is 0.316. The zero-order valence-corrected chi connectivity index (χ0v) is 15.1. The summed E-state index contributed by atoms with van der Waals surface area (Å²) in [5.41, 5.74) is 2.78. The number of benzene rings is 2. The van der Waals surface area contributed by atoms with Gasteiger partial charge in [-0.1, -0.05) is 37.6 Å². The van der Waals surface area contributed by atoms with Crippen LogP contribution in [0.5, 0.6) is 11.5 Å². The summed E-state index contributed by atoms with van der Waals surface area (Å²) in [7, 11) is 1.54. The number of carbonyl (C=O) groups is 1. The molecule has 0 saturated heterocycles. The molecule has 1 N–H and O–H groups in total. The van der Waals surface area contributed by atoms with Crippen molar-refractivity contribution in [3.8, 4) is 11.5 Å². The van der Waals surface area contributed by atoms with Gasteiger partial charge in [0.05, 0.1) is 12.1 Å². The normalized spacial score (nSPS) is 10.6. The molecule has 0 saturated carbocycles. The lowest BCUT2D eigenvalue weighted by atomic mass is 10.0. The zero-order valence-electron chi connectivity index (χ0n) is 14.4. The van der Waals surface area contributed by atoms with Crippen LogP contribution in [0.2, 0.25) is 5.02 Å². The summed E-state index contributed by atoms with van der Waals surface area (Å²) in [5.74, 6) is 1.39. The number of aryl methyl sites for hydroxylation is 1. The molecule has 0 unspecified atom stereocenters. The van der Waals surface area contributed by atoms with Crippen molar-refractivity contribution in [2.75, 3.05) is 19.0 Å². The van der Waals surface area contributed by atoms with Crippen molar-refractivity contribution in [3.63, 3.8) is 0 Å². The standard InChI is InChI=1S/C19H22ClNO3/c1-12(2)15-7-5-13(3)9-18(15)24-11-19(22)21-14-6-8-17(23-4)16(20)10-14/h5-10,12H,11H2,1-4H3,(H,21,22). The van der Waals surface area contributed by atoms with Crippen molar-refractivity contribution in [3.05, 3.63) is 52.5 Å². The first-order valence-corrected chi connectivity index (χ1v) is 8.15. The predicted molar refractivity (Wildman–Crippen MR) is 97.4 cm³/mol. The van der Waals surface area contributed by atoms with E-state index in [0.29, 0.717) is 22.4 Å². The van der Waals surface area contributed by atoms with Crippen LogP contribution in [0.25, 0.3) is 0 Å². The summed E-state index contributed by atoms with van der Waals surface area (Å²) >= 11 is 6.05. The molecule has 0 radical (unpaired) electrons. The van der Waals surface area contributed by atoms with Crippen molar-refractivity contribution in [1.29, 1.82) is 0 Å². The first-order chi connectivity index (χ1) is 11.4. The van der Waals surface area contributed by atoms with Crippen molar-refractivity contribution < 1.29 is 14.3 Å². The van der Waals surface area contributed by atoms with Crippen molar-refractivity contribution >= 4 is 23.2 Å². The molecule has 0 atom stereocenters. The van der Waals surface area contributed by atoms with E-state index in [1.54, 1.807) is 25.3 Å². The maximum Gasteiger partial charge on any atom is 0.262 e. The Hall–Kier alpha value is -2.20. The highest BCUT2D eigenvalue weighted by Gasteiger charge is 2.11. The number of hydrogen-bond donors (Lipinski definition) is 1. The van der Waals surface area contributed by atoms with Crippen LogP contribution in [-0.4, -0.2) is 19.6 Å². The van der Waals surface area contributed by atoms with Gasteiger partial charge in [-0.2, -0.15) is 0 Å². The molecular weight excluding hydrogens is 326 g/mol. The quantitative estimate of drug-likeness (QED) is 0.816. The lowest BCUT2D eigenvalue weighted by Gasteiger charge is -2.15. The molecule has 0 fully saturated rings. The molecule has 0 spiro atoms. The number of anilines is 1. The summed E-state index contributed by atoms with van der Waals surface area (Å²) in [4.78, 5) is 12.1. The van der Waals surface area contributed by atoms with Gasteiger partial charge in [-0.15, -0.1) is 0 Å². The largest absolute Gasteiger partial charge is 0.495 e. The van der Waals surface area contributed by atoms with Crippen LogP contribution in [-0.2, 0) is 4.79 Å². The molecule has 0 aliphatic rings. The Labute approximate surface area is 147 Å². The van der Waals surface area contributed by atoms with E-state index in [1.165, 1.54) is 0 Å². The summed E-state index contributed by atoms with van der Waals surface area (Å²) in [6.45, 7) is 6.12. The van der Waals surface area contributed by atoms with Crippen LogP contribution in [0.3, 0.4) is 0 Å². The Bertz CT molecular complexity index is 729. The van der Waals surface area contributed by atoms with E-state index in [1.807, 2.05) is 25.1 Å². The number of nitrogens with one attached hydrogen (secondary N) is 1. The number of hydrogen-bond acceptors (Lipinski definition) is 3. The third kappa shape index (κ3) is 4.65. The average Bonchev–Trinajstić information content (AvgIpc) is 2.53. The molecule has 4 nitrogen and oxygen atoms in total. The number of amides is 1. The van der Waals surface area contributed by atoms with Crippen molar-refractivity contribution in [2.24, 2.45) is 0 Å². The minimum atomic E-state index is -0.243. The minimum absolute atomic E-state index is 0.0627. The highest BCUT2D eigenvalue weighted by atomic mass is 35.5. The highest BCUT2D eigenvalue weighted by Crippen LogP contribution is 2.28. The van der Waals surface area contributed by atoms with Gasteiger partial charge in [-0.05, 0) is 48.2 Å². The van der Waals surface area contributed by atoms with Gasteiger partial charge < -0.3 is 14.8 Å². The minimum Gasteiger partial charge on any atom is -0.495 e. The molecule has 5 heteroatoms. The summed E-state index contributed by atoms with van der Waals surface area (Å²) < 4.78 is 10.8. The fourth-order valence-electron chi connectivity index (χ4n) is 2.33. The number of carbonyl (C=O) groups excluding carboxylic acids is 1. The monoisotopic (exact) mass is 347 g/mol. The van der Waals surface area contributed by atoms with E-state index in [4.69, 9.17) is 21.1 Å². The number of rotatable bonds is 6. The van der Waals surface area contributed by atoms with E-state index in [9.17, 15) is 4.79 Å². The van der Waals surface area contributed by atoms with Gasteiger partial charge in [0.15, 0.2) is 6.61 Å². The van der Waals surface area contributed by atoms with Gasteiger partial charge >= 0.3 is 0 Å². The van der Waals surface area contributed by atoms with Gasteiger partial charge in [-0.25, -0.2) is 0 Å². The van der Waals surface area contributed by atoms with Crippen LogP contribution in [0.15, 0.2) is 36.4 Å². The Kier molecular flexibility index (Phi) is 6.10. The molecule has 0 aliphatic carbocycles. The lowest BCUT2D eigenvalue weighted by molar-refractivity contribution is -0.118. The topological polar surface area (TPSA) is 47.6 Å². The second-order valence-electron chi connectivity index (χ2n) is 5.88. The van der Waals surface area contributed by atoms with Crippen LogP contribution in [0, 0.1) is 6.92 Å². The first-order valence-electron chi connectivity index (χ1n) is 7.77. The Morgan fingerprint density at radius 1 is 1.17 bits per heavy atom. The highest BCUT2D eigenvalue weighted by molar-refractivity contribution is 6.32. The maximum atomic E-state index is 12.1. The lowest BCUT2D eigenvalue weighted by Crippen LogP contribution is -2.20. The van der Waals surface area contributed by atoms with Crippen LogP contribution in [0.1, 0.15) is 30.9 Å². The number of ether oxygens (including phenoxy) is 2. The van der Waals surface area contributed by atoms with Crippen molar-refractivity contribution in [1.82, 2.24) is 0 Å². The second-order valence-corrected chi connectivity index (χ2v) is 6.29. The fourth-order valence-corrected chi connectivity index (χ4v) is 2.59. The molecule has 0 aliphatic heterocycles. The van der Waals surface area contributed by atoms with E-state index in [-0.39, 0.29) is 12.5 Å². The summed E-state index contributed by atoms with van der Waals surface area (Å²) in [5, 5.41) is 3.21. The number of halogens is 1. The molecule has 1 amide bonds. The summed E-state index contributed by atoms with van der Waals surface area (Å²) in [6.07, 6.45) is 0. The molecule has 2 rings (SSSR count). The molecular formula is C19H22ClNO3. The zero-order chi connectivity index (χ0) is 17.7. The third-order valence-corrected chi connectivity index (χ3v) is 3.88. The molecule has 2 aromatic carbocycles. The van der Waals surface area contributed by atoms with Gasteiger partial charge in [0, 0.05) is 5.69 Å². The molecule has 0 heterocycles. The van der Waals surface area contributed by atoms with Gasteiger partial charge in [0.2, 0.25) is 0 Å². The van der Waals surface area contributed by atoms with E-state index >= 15 is 0 Å². The van der Waals surface area contributed by atoms with E-state index in [0.717, 1.165) is 16.9 Å². The molecule has 128 valence electrons. The second kappa shape index (κ2) is 8.06. The van der Waals surface area contributed by atoms with Crippen LogP contribution >= 0.6 is 11.6 Å². The average molecular weight is 348 g/mol.